The van der Waals surface area contributed by atoms with Gasteiger partial charge in [0.1, 0.15) is 0 Å². The van der Waals surface area contributed by atoms with Gasteiger partial charge in [-0.25, -0.2) is 4.79 Å². The summed E-state index contributed by atoms with van der Waals surface area (Å²) in [6.45, 7) is 5.33. The van der Waals surface area contributed by atoms with Gasteiger partial charge in [-0.15, -0.1) is 0 Å². The quantitative estimate of drug-likeness (QED) is 0.818. The number of carbonyl (C=O) groups is 1. The third-order valence-electron chi connectivity index (χ3n) is 4.54. The van der Waals surface area contributed by atoms with Gasteiger partial charge in [0.25, 0.3) is 0 Å². The zero-order chi connectivity index (χ0) is 15.9. The molecule has 126 valence electrons. The Labute approximate surface area is 137 Å². The zero-order valence-electron chi connectivity index (χ0n) is 13.6. The van der Waals surface area contributed by atoms with E-state index in [1.165, 1.54) is 11.1 Å². The Hall–Kier alpha value is -1.59. The Morgan fingerprint density at radius 2 is 2.22 bits per heavy atom. The number of carbonyl (C=O) groups excluding carboxylic acids is 1. The van der Waals surface area contributed by atoms with Crippen LogP contribution in [0.5, 0.6) is 0 Å². The van der Waals surface area contributed by atoms with Crippen molar-refractivity contribution < 1.29 is 14.3 Å². The van der Waals surface area contributed by atoms with E-state index in [1.54, 1.807) is 0 Å². The van der Waals surface area contributed by atoms with Crippen molar-refractivity contribution in [3.8, 4) is 0 Å². The summed E-state index contributed by atoms with van der Waals surface area (Å²) in [5.41, 5.74) is 2.62. The molecule has 1 atom stereocenters. The molecule has 2 heterocycles. The molecule has 0 aromatic heterocycles. The molecule has 23 heavy (non-hydrogen) atoms. The van der Waals surface area contributed by atoms with Crippen molar-refractivity contribution in [2.24, 2.45) is 5.92 Å². The molecule has 0 spiro atoms. The highest BCUT2D eigenvalue weighted by molar-refractivity contribution is 5.74. The van der Waals surface area contributed by atoms with Crippen LogP contribution in [0, 0.1) is 5.92 Å². The first kappa shape index (κ1) is 16.3. The SMILES string of the molecule is O=C(NCCCOC[C@@H]1CCOC1)N1CCc2ccccc2C1. The number of amides is 2. The number of nitrogens with zero attached hydrogens (tertiary/aromatic N) is 1. The first-order valence-corrected chi connectivity index (χ1v) is 8.58. The van der Waals surface area contributed by atoms with Crippen LogP contribution in [-0.2, 0) is 22.4 Å². The van der Waals surface area contributed by atoms with Crippen LogP contribution in [0.1, 0.15) is 24.0 Å². The van der Waals surface area contributed by atoms with Crippen molar-refractivity contribution in [1.82, 2.24) is 10.2 Å². The number of benzene rings is 1. The van der Waals surface area contributed by atoms with Gasteiger partial charge in [-0.3, -0.25) is 0 Å². The molecule has 0 unspecified atom stereocenters. The molecule has 5 nitrogen and oxygen atoms in total. The van der Waals surface area contributed by atoms with E-state index in [0.717, 1.165) is 45.6 Å². The smallest absolute Gasteiger partial charge is 0.317 e. The van der Waals surface area contributed by atoms with Crippen LogP contribution < -0.4 is 5.32 Å². The highest BCUT2D eigenvalue weighted by Gasteiger charge is 2.19. The second-order valence-electron chi connectivity index (χ2n) is 6.33. The highest BCUT2D eigenvalue weighted by atomic mass is 16.5. The molecule has 2 aliphatic heterocycles. The minimum absolute atomic E-state index is 0.0312. The van der Waals surface area contributed by atoms with Crippen molar-refractivity contribution >= 4 is 6.03 Å². The second kappa shape index (κ2) is 8.31. The van der Waals surface area contributed by atoms with Gasteiger partial charge >= 0.3 is 6.03 Å². The number of nitrogens with one attached hydrogen (secondary N) is 1. The zero-order valence-corrected chi connectivity index (χ0v) is 13.6. The third-order valence-corrected chi connectivity index (χ3v) is 4.54. The molecular weight excluding hydrogens is 292 g/mol. The van der Waals surface area contributed by atoms with Gasteiger partial charge in [0, 0.05) is 38.8 Å². The molecule has 1 aromatic carbocycles. The number of urea groups is 1. The fourth-order valence-electron chi connectivity index (χ4n) is 3.12. The summed E-state index contributed by atoms with van der Waals surface area (Å²) in [6.07, 6.45) is 2.90. The maximum atomic E-state index is 12.2. The van der Waals surface area contributed by atoms with Gasteiger partial charge in [-0.2, -0.15) is 0 Å². The van der Waals surface area contributed by atoms with Crippen molar-refractivity contribution in [2.75, 3.05) is 39.5 Å². The predicted molar refractivity (Wildman–Crippen MR) is 88.3 cm³/mol. The molecular formula is C18H26N2O3. The highest BCUT2D eigenvalue weighted by Crippen LogP contribution is 2.18. The molecule has 0 saturated carbocycles. The first-order chi connectivity index (χ1) is 11.3. The van der Waals surface area contributed by atoms with Crippen LogP contribution in [0.15, 0.2) is 24.3 Å². The Kier molecular flexibility index (Phi) is 5.88. The summed E-state index contributed by atoms with van der Waals surface area (Å²) < 4.78 is 11.0. The Balaban J connectivity index is 1.29. The van der Waals surface area contributed by atoms with Crippen LogP contribution in [0.25, 0.3) is 0 Å². The van der Waals surface area contributed by atoms with Crippen LogP contribution in [0.2, 0.25) is 0 Å². The second-order valence-corrected chi connectivity index (χ2v) is 6.33. The van der Waals surface area contributed by atoms with Crippen molar-refractivity contribution in [3.05, 3.63) is 35.4 Å². The van der Waals surface area contributed by atoms with Crippen molar-refractivity contribution in [3.63, 3.8) is 0 Å². The largest absolute Gasteiger partial charge is 0.381 e. The lowest BCUT2D eigenvalue weighted by Gasteiger charge is -2.29. The van der Waals surface area contributed by atoms with Gasteiger partial charge < -0.3 is 19.7 Å². The van der Waals surface area contributed by atoms with E-state index in [2.05, 4.69) is 23.5 Å². The molecule has 1 saturated heterocycles. The lowest BCUT2D eigenvalue weighted by atomic mass is 10.0. The number of rotatable bonds is 6. The van der Waals surface area contributed by atoms with Gasteiger partial charge in [0.05, 0.1) is 13.2 Å². The van der Waals surface area contributed by atoms with E-state index in [0.29, 0.717) is 25.6 Å². The van der Waals surface area contributed by atoms with Crippen molar-refractivity contribution in [1.29, 1.82) is 0 Å². The predicted octanol–water partition coefficient (Wildman–Crippen LogP) is 2.20. The van der Waals surface area contributed by atoms with Gasteiger partial charge in [-0.1, -0.05) is 24.3 Å². The molecule has 2 amide bonds. The molecule has 0 aliphatic carbocycles. The number of hydrogen-bond acceptors (Lipinski definition) is 3. The maximum Gasteiger partial charge on any atom is 0.317 e. The normalized spacial score (nSPS) is 20.3. The number of hydrogen-bond donors (Lipinski definition) is 1. The Bertz CT molecular complexity index is 515. The molecule has 3 rings (SSSR count). The van der Waals surface area contributed by atoms with E-state index in [9.17, 15) is 4.79 Å². The van der Waals surface area contributed by atoms with Crippen LogP contribution >= 0.6 is 0 Å². The summed E-state index contributed by atoms with van der Waals surface area (Å²) in [5, 5.41) is 2.99. The monoisotopic (exact) mass is 318 g/mol. The molecule has 1 aromatic rings. The fraction of sp³-hybridized carbons (Fsp3) is 0.611. The summed E-state index contributed by atoms with van der Waals surface area (Å²) in [7, 11) is 0. The lowest BCUT2D eigenvalue weighted by molar-refractivity contribution is 0.0882. The van der Waals surface area contributed by atoms with Crippen LogP contribution in [-0.4, -0.2) is 50.4 Å². The van der Waals surface area contributed by atoms with E-state index >= 15 is 0 Å². The molecule has 5 heteroatoms. The van der Waals surface area contributed by atoms with E-state index < -0.39 is 0 Å². The summed E-state index contributed by atoms with van der Waals surface area (Å²) in [5.74, 6) is 0.554. The van der Waals surface area contributed by atoms with Crippen molar-refractivity contribution in [2.45, 2.75) is 25.8 Å². The Morgan fingerprint density at radius 1 is 1.35 bits per heavy atom. The molecule has 0 bridgehead atoms. The Morgan fingerprint density at radius 3 is 3.04 bits per heavy atom. The van der Waals surface area contributed by atoms with Crippen LogP contribution in [0.3, 0.4) is 0 Å². The summed E-state index contributed by atoms with van der Waals surface area (Å²) in [6, 6.07) is 8.38. The number of fused-ring (bicyclic) bond motifs is 1. The number of ether oxygens (including phenoxy) is 2. The minimum atomic E-state index is 0.0312. The average Bonchev–Trinajstić information content (AvgIpc) is 3.10. The first-order valence-electron chi connectivity index (χ1n) is 8.58. The topological polar surface area (TPSA) is 50.8 Å². The molecule has 0 radical (unpaired) electrons. The average molecular weight is 318 g/mol. The van der Waals surface area contributed by atoms with E-state index in [4.69, 9.17) is 9.47 Å². The van der Waals surface area contributed by atoms with Gasteiger partial charge in [0.15, 0.2) is 0 Å². The lowest BCUT2D eigenvalue weighted by Crippen LogP contribution is -2.43. The third kappa shape index (κ3) is 4.69. The van der Waals surface area contributed by atoms with E-state index in [-0.39, 0.29) is 6.03 Å². The van der Waals surface area contributed by atoms with Gasteiger partial charge in [0.2, 0.25) is 0 Å². The van der Waals surface area contributed by atoms with E-state index in [1.807, 2.05) is 11.0 Å². The summed E-state index contributed by atoms with van der Waals surface area (Å²) in [4.78, 5) is 14.1. The molecule has 1 fully saturated rings. The molecule has 2 aliphatic rings. The summed E-state index contributed by atoms with van der Waals surface area (Å²) >= 11 is 0. The van der Waals surface area contributed by atoms with Crippen LogP contribution in [0.4, 0.5) is 4.79 Å². The maximum absolute atomic E-state index is 12.2. The minimum Gasteiger partial charge on any atom is -0.381 e. The molecule has 1 N–H and O–H groups in total. The standard InChI is InChI=1S/C18H26N2O3/c21-18(19-8-3-10-22-13-15-7-11-23-14-15)20-9-6-16-4-1-2-5-17(16)12-20/h1-2,4-5,15H,3,6-14H2,(H,19,21)/t15-/m0/s1. The fourth-order valence-corrected chi connectivity index (χ4v) is 3.12. The van der Waals surface area contributed by atoms with Gasteiger partial charge in [-0.05, 0) is 30.4 Å².